The predicted molar refractivity (Wildman–Crippen MR) is 146 cm³/mol. The van der Waals surface area contributed by atoms with Crippen LogP contribution >= 0.6 is 55.1 Å². The van der Waals surface area contributed by atoms with Crippen molar-refractivity contribution in [2.45, 2.75) is 30.6 Å². The first-order chi connectivity index (χ1) is 16.4. The third-order valence-electron chi connectivity index (χ3n) is 7.28. The number of benzene rings is 2. The minimum Gasteiger partial charge on any atom is -0.481 e. The van der Waals surface area contributed by atoms with E-state index in [2.05, 4.69) is 42.5 Å². The monoisotopic (exact) mass is 648 g/mol. The molecule has 2 aliphatic carbocycles. The van der Waals surface area contributed by atoms with Gasteiger partial charge in [-0.25, -0.2) is 0 Å². The number of carboxylic acid groups (broad SMARTS) is 2. The highest BCUT2D eigenvalue weighted by molar-refractivity contribution is 9.13. The van der Waals surface area contributed by atoms with Gasteiger partial charge in [0, 0.05) is 20.9 Å². The van der Waals surface area contributed by atoms with Gasteiger partial charge in [-0.15, -0.1) is 0 Å². The molecule has 2 aromatic rings. The Morgan fingerprint density at radius 2 is 1.63 bits per heavy atom. The molecule has 2 saturated carbocycles. The molecule has 0 amide bonds. The molecule has 2 fully saturated rings. The Bertz CT molecular complexity index is 1150. The highest BCUT2D eigenvalue weighted by atomic mass is 79.9. The molecule has 0 aliphatic heterocycles. The first kappa shape index (κ1) is 28.4. The van der Waals surface area contributed by atoms with Crippen LogP contribution in [0.5, 0.6) is 0 Å². The van der Waals surface area contributed by atoms with Gasteiger partial charge in [0.15, 0.2) is 0 Å². The van der Waals surface area contributed by atoms with Crippen molar-refractivity contribution in [1.82, 2.24) is 10.6 Å². The number of hydrogen-bond donors (Lipinski definition) is 4. The van der Waals surface area contributed by atoms with Crippen molar-refractivity contribution < 1.29 is 19.8 Å². The summed E-state index contributed by atoms with van der Waals surface area (Å²) in [6, 6.07) is 10.7. The maximum Gasteiger partial charge on any atom is 0.314 e. The fourth-order valence-electron chi connectivity index (χ4n) is 5.15. The van der Waals surface area contributed by atoms with Gasteiger partial charge in [0.05, 0.1) is 20.9 Å². The van der Waals surface area contributed by atoms with E-state index >= 15 is 0 Å². The zero-order chi connectivity index (χ0) is 26.2. The lowest BCUT2D eigenvalue weighted by Crippen LogP contribution is -2.32. The summed E-state index contributed by atoms with van der Waals surface area (Å²) < 4.78 is 1.82. The van der Waals surface area contributed by atoms with E-state index in [4.69, 9.17) is 23.2 Å². The maximum absolute atomic E-state index is 11.7. The van der Waals surface area contributed by atoms with Crippen LogP contribution in [-0.4, -0.2) is 49.3 Å². The molecule has 2 aromatic carbocycles. The summed E-state index contributed by atoms with van der Waals surface area (Å²) in [7, 11) is 3.67. The summed E-state index contributed by atoms with van der Waals surface area (Å²) in [4.78, 5) is 23.2. The fraction of sp³-hybridized carbons (Fsp3) is 0.440. The van der Waals surface area contributed by atoms with E-state index in [1.807, 2.05) is 39.2 Å². The molecular weight excluding hydrogens is 623 g/mol. The first-order valence-corrected chi connectivity index (χ1v) is 13.4. The fourth-order valence-corrected chi connectivity index (χ4v) is 6.07. The molecule has 35 heavy (non-hydrogen) atoms. The summed E-state index contributed by atoms with van der Waals surface area (Å²) in [5.41, 5.74) is -0.181. The van der Waals surface area contributed by atoms with Crippen molar-refractivity contribution in [3.63, 3.8) is 0 Å². The van der Waals surface area contributed by atoms with Gasteiger partial charge >= 0.3 is 11.9 Å². The van der Waals surface area contributed by atoms with Crippen molar-refractivity contribution in [3.05, 3.63) is 66.5 Å². The zero-order valence-electron chi connectivity index (χ0n) is 19.6. The molecule has 0 radical (unpaired) electrons. The standard InChI is InChI=1S/C13H15Br2NO2.C12H13Cl2NO2/c1-12(7-16-2)6-13(12,11(17)18)8-3-4-9(14)10(15)5-8;1-15-6-8-5-12(8,11(16)17)7-2-3-9(13)10(14)4-7/h3-5,16H,6-7H2,1-2H3,(H,17,18);2-4,8,15H,5-6H2,1H3,(H,16,17)/t12-,13-;8-,12-/m00/s1. The van der Waals surface area contributed by atoms with E-state index in [-0.39, 0.29) is 11.3 Å². The summed E-state index contributed by atoms with van der Waals surface area (Å²) in [6.45, 7) is 3.41. The molecule has 0 unspecified atom stereocenters. The molecule has 4 N–H and O–H groups in total. The van der Waals surface area contributed by atoms with Gasteiger partial charge in [-0.05, 0) is 107 Å². The van der Waals surface area contributed by atoms with Crippen LogP contribution in [0.3, 0.4) is 0 Å². The summed E-state index contributed by atoms with van der Waals surface area (Å²) >= 11 is 18.6. The Morgan fingerprint density at radius 1 is 0.971 bits per heavy atom. The summed E-state index contributed by atoms with van der Waals surface area (Å²) in [5.74, 6) is -1.42. The molecule has 4 rings (SSSR count). The maximum atomic E-state index is 11.7. The van der Waals surface area contributed by atoms with Crippen LogP contribution in [0, 0.1) is 11.3 Å². The lowest BCUT2D eigenvalue weighted by atomic mass is 9.87. The third-order valence-corrected chi connectivity index (χ3v) is 9.90. The van der Waals surface area contributed by atoms with Gasteiger partial charge in [0.25, 0.3) is 0 Å². The van der Waals surface area contributed by atoms with E-state index in [9.17, 15) is 19.8 Å². The molecule has 4 atom stereocenters. The normalized spacial score (nSPS) is 28.6. The van der Waals surface area contributed by atoms with E-state index < -0.39 is 22.8 Å². The highest BCUT2D eigenvalue weighted by Gasteiger charge is 2.70. The van der Waals surface area contributed by atoms with Crippen LogP contribution in [-0.2, 0) is 20.4 Å². The van der Waals surface area contributed by atoms with Crippen LogP contribution in [0.25, 0.3) is 0 Å². The molecule has 0 saturated heterocycles. The highest BCUT2D eigenvalue weighted by Crippen LogP contribution is 2.64. The van der Waals surface area contributed by atoms with Crippen LogP contribution in [0.15, 0.2) is 45.3 Å². The minimum atomic E-state index is -0.795. The number of hydrogen-bond acceptors (Lipinski definition) is 4. The van der Waals surface area contributed by atoms with Gasteiger partial charge in [0.1, 0.15) is 0 Å². The SMILES string of the molecule is CNC[C@@H]1C[C@]1(C(=O)O)c1ccc(Cl)c(Cl)c1.CNC[C@]1(C)C[C@@]1(C(=O)O)c1ccc(Br)c(Br)c1. The van der Waals surface area contributed by atoms with Crippen LogP contribution < -0.4 is 10.6 Å². The topological polar surface area (TPSA) is 98.7 Å². The molecule has 190 valence electrons. The predicted octanol–water partition coefficient (Wildman–Crippen LogP) is 5.72. The molecule has 10 heteroatoms. The molecule has 0 bridgehead atoms. The summed E-state index contributed by atoms with van der Waals surface area (Å²) in [5, 5.41) is 26.0. The number of carboxylic acids is 2. The van der Waals surface area contributed by atoms with Crippen LogP contribution in [0.2, 0.25) is 10.0 Å². The number of nitrogens with one attached hydrogen (secondary N) is 2. The Balaban J connectivity index is 0.000000196. The molecule has 0 heterocycles. The van der Waals surface area contributed by atoms with E-state index in [0.29, 0.717) is 36.0 Å². The van der Waals surface area contributed by atoms with Crippen molar-refractivity contribution in [3.8, 4) is 0 Å². The second kappa shape index (κ2) is 10.7. The van der Waals surface area contributed by atoms with Gasteiger partial charge in [-0.3, -0.25) is 9.59 Å². The largest absolute Gasteiger partial charge is 0.481 e. The lowest BCUT2D eigenvalue weighted by molar-refractivity contribution is -0.141. The van der Waals surface area contributed by atoms with Crippen LogP contribution in [0.4, 0.5) is 0 Å². The second-order valence-electron chi connectivity index (χ2n) is 9.47. The average Bonchev–Trinajstić information content (AvgIpc) is 3.67. The van der Waals surface area contributed by atoms with E-state index in [1.54, 1.807) is 18.2 Å². The van der Waals surface area contributed by atoms with Crippen molar-refractivity contribution in [2.24, 2.45) is 11.3 Å². The van der Waals surface area contributed by atoms with Gasteiger partial charge in [-0.1, -0.05) is 42.3 Å². The van der Waals surface area contributed by atoms with Gasteiger partial charge < -0.3 is 20.8 Å². The quantitative estimate of drug-likeness (QED) is 0.292. The number of carbonyl (C=O) groups is 2. The Kier molecular flexibility index (Phi) is 8.67. The first-order valence-electron chi connectivity index (χ1n) is 11.1. The van der Waals surface area contributed by atoms with E-state index in [0.717, 1.165) is 20.1 Å². The van der Waals surface area contributed by atoms with Gasteiger partial charge in [0.2, 0.25) is 0 Å². The smallest absolute Gasteiger partial charge is 0.314 e. The van der Waals surface area contributed by atoms with Gasteiger partial charge in [-0.2, -0.15) is 0 Å². The van der Waals surface area contributed by atoms with Crippen molar-refractivity contribution in [2.75, 3.05) is 27.2 Å². The third kappa shape index (κ3) is 5.15. The molecule has 0 aromatic heterocycles. The van der Waals surface area contributed by atoms with Crippen molar-refractivity contribution in [1.29, 1.82) is 0 Å². The molecule has 6 nitrogen and oxygen atoms in total. The Labute approximate surface area is 232 Å². The van der Waals surface area contributed by atoms with Crippen molar-refractivity contribution >= 4 is 67.0 Å². The second-order valence-corrected chi connectivity index (χ2v) is 12.0. The van der Waals surface area contributed by atoms with E-state index in [1.165, 1.54) is 0 Å². The Hall–Kier alpha value is -1.16. The lowest BCUT2D eigenvalue weighted by Gasteiger charge is -2.20. The zero-order valence-corrected chi connectivity index (χ0v) is 24.3. The molecule has 0 spiro atoms. The van der Waals surface area contributed by atoms with Crippen LogP contribution in [0.1, 0.15) is 30.9 Å². The summed E-state index contributed by atoms with van der Waals surface area (Å²) in [6.07, 6.45) is 1.31. The number of halogens is 4. The molecular formula is C25H28Br2Cl2N2O4. The Morgan fingerprint density at radius 3 is 2.14 bits per heavy atom. The number of aliphatic carboxylic acids is 2. The average molecular weight is 651 g/mol. The number of rotatable bonds is 8. The molecule has 2 aliphatic rings. The minimum absolute atomic E-state index is 0.113.